The van der Waals surface area contributed by atoms with Crippen molar-refractivity contribution in [3.63, 3.8) is 0 Å². The molecule has 6 heteroatoms. The van der Waals surface area contributed by atoms with Crippen molar-refractivity contribution in [3.8, 4) is 5.75 Å². The smallest absolute Gasteiger partial charge is 0.206 e. The zero-order valence-electron chi connectivity index (χ0n) is 6.23. The van der Waals surface area contributed by atoms with Gasteiger partial charge in [0, 0.05) is 0 Å². The fraction of sp³-hybridized carbons (Fsp3) is 0.167. The van der Waals surface area contributed by atoms with Crippen LogP contribution < -0.4 is 4.74 Å². The van der Waals surface area contributed by atoms with Crippen LogP contribution in [0.1, 0.15) is 0 Å². The van der Waals surface area contributed by atoms with Crippen LogP contribution in [0.2, 0.25) is 0 Å². The summed E-state index contributed by atoms with van der Waals surface area (Å²) >= 11 is 3.26. The Hall–Kier alpha value is -1.17. The molecule has 0 bridgehead atoms. The van der Waals surface area contributed by atoms with Crippen LogP contribution in [-0.4, -0.2) is 26.7 Å². The Bertz CT molecular complexity index is 413. The third kappa shape index (κ3) is 0.953. The van der Waals surface area contributed by atoms with Crippen molar-refractivity contribution in [3.05, 3.63) is 17.3 Å². The SMILES string of the molecule is COc1cnc(Br)n2cnnc12. The molecule has 2 aromatic rings. The first-order valence-corrected chi connectivity index (χ1v) is 4.00. The fourth-order valence-corrected chi connectivity index (χ4v) is 1.28. The third-order valence-corrected chi connectivity index (χ3v) is 2.06. The highest BCUT2D eigenvalue weighted by atomic mass is 79.9. The van der Waals surface area contributed by atoms with Crippen molar-refractivity contribution < 1.29 is 4.74 Å². The van der Waals surface area contributed by atoms with E-state index in [0.29, 0.717) is 16.1 Å². The van der Waals surface area contributed by atoms with Crippen LogP contribution in [-0.2, 0) is 0 Å². The van der Waals surface area contributed by atoms with Gasteiger partial charge in [0.25, 0.3) is 0 Å². The predicted octanol–water partition coefficient (Wildman–Crippen LogP) is 0.895. The van der Waals surface area contributed by atoms with E-state index in [-0.39, 0.29) is 0 Å². The zero-order valence-corrected chi connectivity index (χ0v) is 7.82. The number of nitrogens with zero attached hydrogens (tertiary/aromatic N) is 4. The lowest BCUT2D eigenvalue weighted by Crippen LogP contribution is -1.94. The number of aromatic nitrogens is 4. The second kappa shape index (κ2) is 2.71. The molecular weight excluding hydrogens is 224 g/mol. The van der Waals surface area contributed by atoms with E-state index in [0.717, 1.165) is 0 Å². The topological polar surface area (TPSA) is 52.3 Å². The maximum atomic E-state index is 5.03. The van der Waals surface area contributed by atoms with Crippen LogP contribution in [0.25, 0.3) is 5.65 Å². The Morgan fingerprint density at radius 2 is 2.42 bits per heavy atom. The van der Waals surface area contributed by atoms with Crippen molar-refractivity contribution in [2.45, 2.75) is 0 Å². The van der Waals surface area contributed by atoms with Crippen LogP contribution in [0.3, 0.4) is 0 Å². The van der Waals surface area contributed by atoms with Crippen molar-refractivity contribution in [1.82, 2.24) is 19.6 Å². The summed E-state index contributed by atoms with van der Waals surface area (Å²) in [5.74, 6) is 0.607. The van der Waals surface area contributed by atoms with E-state index in [2.05, 4.69) is 31.1 Å². The molecule has 0 aliphatic carbocycles. The summed E-state index contributed by atoms with van der Waals surface area (Å²) in [5.41, 5.74) is 0.652. The molecule has 0 N–H and O–H groups in total. The molecule has 0 unspecified atom stereocenters. The van der Waals surface area contributed by atoms with Gasteiger partial charge in [0.2, 0.25) is 5.65 Å². The molecule has 0 aliphatic heterocycles. The molecule has 62 valence electrons. The summed E-state index contributed by atoms with van der Waals surface area (Å²) in [7, 11) is 1.57. The lowest BCUT2D eigenvalue weighted by Gasteiger charge is -2.00. The quantitative estimate of drug-likeness (QED) is 0.681. The largest absolute Gasteiger partial charge is 0.491 e. The van der Waals surface area contributed by atoms with Gasteiger partial charge in [-0.15, -0.1) is 10.2 Å². The van der Waals surface area contributed by atoms with Crippen molar-refractivity contribution in [2.75, 3.05) is 7.11 Å². The number of halogens is 1. The average Bonchev–Trinajstić information content (AvgIpc) is 2.54. The predicted molar refractivity (Wildman–Crippen MR) is 45.0 cm³/mol. The first-order chi connectivity index (χ1) is 5.83. The highest BCUT2D eigenvalue weighted by Crippen LogP contribution is 2.18. The highest BCUT2D eigenvalue weighted by Gasteiger charge is 2.06. The van der Waals surface area contributed by atoms with E-state index in [1.165, 1.54) is 0 Å². The number of rotatable bonds is 1. The van der Waals surface area contributed by atoms with Gasteiger partial charge in [0.15, 0.2) is 10.5 Å². The summed E-state index contributed by atoms with van der Waals surface area (Å²) in [5, 5.41) is 7.60. The monoisotopic (exact) mass is 228 g/mol. The number of methoxy groups -OCH3 is 1. The lowest BCUT2D eigenvalue weighted by molar-refractivity contribution is 0.414. The van der Waals surface area contributed by atoms with Crippen LogP contribution in [0.15, 0.2) is 17.3 Å². The van der Waals surface area contributed by atoms with E-state index >= 15 is 0 Å². The summed E-state index contributed by atoms with van der Waals surface area (Å²) in [6, 6.07) is 0. The van der Waals surface area contributed by atoms with Gasteiger partial charge in [-0.3, -0.25) is 4.40 Å². The Kier molecular flexibility index (Phi) is 1.69. The molecule has 0 atom stereocenters. The lowest BCUT2D eigenvalue weighted by atomic mass is 10.5. The van der Waals surface area contributed by atoms with Gasteiger partial charge in [0.1, 0.15) is 6.33 Å². The number of ether oxygens (including phenoxy) is 1. The van der Waals surface area contributed by atoms with Gasteiger partial charge in [0.05, 0.1) is 13.3 Å². The van der Waals surface area contributed by atoms with Crippen LogP contribution in [0.5, 0.6) is 5.75 Å². The Morgan fingerprint density at radius 3 is 3.17 bits per heavy atom. The van der Waals surface area contributed by atoms with Gasteiger partial charge in [-0.05, 0) is 15.9 Å². The van der Waals surface area contributed by atoms with Crippen LogP contribution >= 0.6 is 15.9 Å². The minimum absolute atomic E-state index is 0.607. The molecule has 0 aromatic carbocycles. The molecule has 2 aromatic heterocycles. The standard InChI is InChI=1S/C6H5BrN4O/c1-12-4-2-8-6(7)11-3-9-10-5(4)11/h2-3H,1H3. The van der Waals surface area contributed by atoms with E-state index in [1.54, 1.807) is 24.0 Å². The van der Waals surface area contributed by atoms with Crippen LogP contribution in [0, 0.1) is 0 Å². The number of hydrogen-bond acceptors (Lipinski definition) is 4. The average molecular weight is 229 g/mol. The maximum Gasteiger partial charge on any atom is 0.206 e. The van der Waals surface area contributed by atoms with Gasteiger partial charge in [-0.2, -0.15) is 0 Å². The molecule has 12 heavy (non-hydrogen) atoms. The Balaban J connectivity index is 2.82. The molecule has 0 radical (unpaired) electrons. The second-order valence-corrected chi connectivity index (χ2v) is 2.83. The summed E-state index contributed by atoms with van der Waals surface area (Å²) in [6.07, 6.45) is 3.16. The van der Waals surface area contributed by atoms with Gasteiger partial charge >= 0.3 is 0 Å². The molecule has 0 fully saturated rings. The molecule has 0 spiro atoms. The minimum atomic E-state index is 0.607. The van der Waals surface area contributed by atoms with Crippen molar-refractivity contribution >= 4 is 21.6 Å². The first kappa shape index (κ1) is 7.48. The summed E-state index contributed by atoms with van der Waals surface area (Å²) < 4.78 is 7.38. The van der Waals surface area contributed by atoms with E-state index in [1.807, 2.05) is 0 Å². The zero-order chi connectivity index (χ0) is 8.55. The fourth-order valence-electron chi connectivity index (χ4n) is 0.914. The molecule has 0 aliphatic rings. The van der Waals surface area contributed by atoms with E-state index < -0.39 is 0 Å². The number of hydrogen-bond donors (Lipinski definition) is 0. The van der Waals surface area contributed by atoms with Gasteiger partial charge in [-0.1, -0.05) is 0 Å². The van der Waals surface area contributed by atoms with E-state index in [9.17, 15) is 0 Å². The molecule has 5 nitrogen and oxygen atoms in total. The number of fused-ring (bicyclic) bond motifs is 1. The molecule has 2 heterocycles. The molecule has 2 rings (SSSR count). The summed E-state index contributed by atoms with van der Waals surface area (Å²) in [4.78, 5) is 4.02. The first-order valence-electron chi connectivity index (χ1n) is 3.21. The van der Waals surface area contributed by atoms with Gasteiger partial charge < -0.3 is 4.74 Å². The van der Waals surface area contributed by atoms with Gasteiger partial charge in [-0.25, -0.2) is 4.98 Å². The van der Waals surface area contributed by atoms with Crippen LogP contribution in [0.4, 0.5) is 0 Å². The minimum Gasteiger partial charge on any atom is -0.491 e. The van der Waals surface area contributed by atoms with Crippen molar-refractivity contribution in [2.24, 2.45) is 0 Å². The maximum absolute atomic E-state index is 5.03. The highest BCUT2D eigenvalue weighted by molar-refractivity contribution is 9.10. The second-order valence-electron chi connectivity index (χ2n) is 2.12. The molecule has 0 amide bonds. The normalized spacial score (nSPS) is 10.5. The van der Waals surface area contributed by atoms with E-state index in [4.69, 9.17) is 4.74 Å². The van der Waals surface area contributed by atoms with Crippen molar-refractivity contribution in [1.29, 1.82) is 0 Å². The Labute approximate surface area is 76.5 Å². The molecule has 0 saturated heterocycles. The molecular formula is C6H5BrN4O. The Morgan fingerprint density at radius 1 is 1.58 bits per heavy atom. The molecule has 0 saturated carbocycles. The third-order valence-electron chi connectivity index (χ3n) is 1.48. The summed E-state index contributed by atoms with van der Waals surface area (Å²) in [6.45, 7) is 0.